The van der Waals surface area contributed by atoms with Gasteiger partial charge in [-0.1, -0.05) is 11.8 Å². The van der Waals surface area contributed by atoms with Crippen LogP contribution in [0.4, 0.5) is 5.69 Å². The Kier molecular flexibility index (Phi) is 5.49. The molecule has 2 heterocycles. The molecule has 8 nitrogen and oxygen atoms in total. The Hall–Kier alpha value is -2.43. The van der Waals surface area contributed by atoms with Gasteiger partial charge in [-0.05, 0) is 36.6 Å². The van der Waals surface area contributed by atoms with Crippen molar-refractivity contribution in [1.82, 2.24) is 14.5 Å². The molecule has 0 bridgehead atoms. The number of anilines is 1. The molecule has 1 N–H and O–H groups in total. The molecular weight excluding hydrogens is 412 g/mol. The highest BCUT2D eigenvalue weighted by Gasteiger charge is 2.12. The van der Waals surface area contributed by atoms with Gasteiger partial charge in [0, 0.05) is 34.0 Å². The fourth-order valence-electron chi connectivity index (χ4n) is 2.35. The zero-order valence-electron chi connectivity index (χ0n) is 13.9. The number of amides is 1. The van der Waals surface area contributed by atoms with Crippen LogP contribution >= 0.6 is 22.4 Å². The molecule has 11 heteroatoms. The number of nitrogens with one attached hydrogen (secondary N) is 1. The van der Waals surface area contributed by atoms with Crippen LogP contribution in [0.5, 0.6) is 0 Å². The summed E-state index contributed by atoms with van der Waals surface area (Å²) in [7, 11) is 1.42. The predicted molar refractivity (Wildman–Crippen MR) is 104 cm³/mol. The molecule has 0 fully saturated rings. The first-order valence-corrected chi connectivity index (χ1v) is 11.1. The van der Waals surface area contributed by atoms with Crippen molar-refractivity contribution in [2.75, 3.05) is 11.6 Å². The van der Waals surface area contributed by atoms with E-state index in [1.165, 1.54) is 46.7 Å². The van der Waals surface area contributed by atoms with Crippen LogP contribution in [0.15, 0.2) is 57.4 Å². The number of nitrogens with zero attached hydrogens (tertiary/aromatic N) is 3. The van der Waals surface area contributed by atoms with Crippen LogP contribution in [0, 0.1) is 0 Å². The zero-order chi connectivity index (χ0) is 19.6. The van der Waals surface area contributed by atoms with Gasteiger partial charge >= 0.3 is 0 Å². The van der Waals surface area contributed by atoms with Crippen LogP contribution in [0.1, 0.15) is 0 Å². The van der Waals surface area contributed by atoms with Crippen molar-refractivity contribution in [2.45, 2.75) is 16.6 Å². The van der Waals surface area contributed by atoms with E-state index in [0.717, 1.165) is 0 Å². The largest absolute Gasteiger partial charge is 0.325 e. The Morgan fingerprint density at radius 1 is 1.22 bits per heavy atom. The van der Waals surface area contributed by atoms with Crippen molar-refractivity contribution in [2.24, 2.45) is 0 Å². The first kappa shape index (κ1) is 19.3. The smallest absolute Gasteiger partial charge is 0.261 e. The van der Waals surface area contributed by atoms with Gasteiger partial charge in [0.15, 0.2) is 5.16 Å². The lowest BCUT2D eigenvalue weighted by Gasteiger charge is -2.10. The molecule has 27 heavy (non-hydrogen) atoms. The number of hydrogen-bond donors (Lipinski definition) is 1. The van der Waals surface area contributed by atoms with Gasteiger partial charge in [0.2, 0.25) is 5.91 Å². The molecule has 3 rings (SSSR count). The van der Waals surface area contributed by atoms with Crippen molar-refractivity contribution in [3.05, 3.63) is 52.9 Å². The number of rotatable bonds is 5. The van der Waals surface area contributed by atoms with Crippen LogP contribution in [0.3, 0.4) is 0 Å². The van der Waals surface area contributed by atoms with E-state index < -0.39 is 15.0 Å². The molecule has 0 aliphatic carbocycles. The second-order valence-corrected chi connectivity index (χ2v) is 8.74. The minimum atomic E-state index is -3.84. The summed E-state index contributed by atoms with van der Waals surface area (Å²) in [4.78, 5) is 32.9. The summed E-state index contributed by atoms with van der Waals surface area (Å²) in [5, 5.41) is 3.73. The molecular formula is C16H13ClN4O4S2. The molecule has 140 valence electrons. The molecule has 0 unspecified atom stereocenters. The summed E-state index contributed by atoms with van der Waals surface area (Å²) in [5.41, 5.74) is 0.365. The fourth-order valence-corrected chi connectivity index (χ4v) is 3.46. The number of fused-ring (bicyclic) bond motifs is 1. The SMILES string of the molecule is CSc1ncc2ccc(=O)n(CC(=O)Nc3ccc(S(=O)(=O)Cl)cc3)c2n1. The van der Waals surface area contributed by atoms with Crippen molar-refractivity contribution in [3.63, 3.8) is 0 Å². The lowest BCUT2D eigenvalue weighted by molar-refractivity contribution is -0.116. The van der Waals surface area contributed by atoms with Crippen LogP contribution in [0.25, 0.3) is 11.0 Å². The highest BCUT2D eigenvalue weighted by molar-refractivity contribution is 8.13. The fraction of sp³-hybridized carbons (Fsp3) is 0.125. The maximum absolute atomic E-state index is 12.4. The van der Waals surface area contributed by atoms with E-state index in [2.05, 4.69) is 15.3 Å². The molecule has 0 saturated carbocycles. The number of carbonyl (C=O) groups excluding carboxylic acids is 1. The highest BCUT2D eigenvalue weighted by Crippen LogP contribution is 2.18. The van der Waals surface area contributed by atoms with Gasteiger partial charge in [-0.15, -0.1) is 0 Å². The van der Waals surface area contributed by atoms with Crippen LogP contribution in [-0.2, 0) is 20.4 Å². The molecule has 1 aromatic carbocycles. The third-order valence-electron chi connectivity index (χ3n) is 3.60. The first-order valence-electron chi connectivity index (χ1n) is 7.53. The quantitative estimate of drug-likeness (QED) is 0.379. The van der Waals surface area contributed by atoms with Crippen molar-refractivity contribution >= 4 is 54.1 Å². The monoisotopic (exact) mass is 424 g/mol. The molecule has 0 aliphatic heterocycles. The Labute approximate surface area is 163 Å². The number of carbonyl (C=O) groups is 1. The topological polar surface area (TPSA) is 111 Å². The van der Waals surface area contributed by atoms with Gasteiger partial charge in [-0.3, -0.25) is 14.2 Å². The molecule has 1 amide bonds. The summed E-state index contributed by atoms with van der Waals surface area (Å²) in [6.07, 6.45) is 3.40. The Morgan fingerprint density at radius 2 is 1.93 bits per heavy atom. The second-order valence-electron chi connectivity index (χ2n) is 5.40. The van der Waals surface area contributed by atoms with Gasteiger partial charge in [-0.25, -0.2) is 18.4 Å². The Balaban J connectivity index is 1.86. The van der Waals surface area contributed by atoms with E-state index in [0.29, 0.717) is 21.9 Å². The minimum absolute atomic E-state index is 0.0752. The number of hydrogen-bond acceptors (Lipinski definition) is 7. The third kappa shape index (κ3) is 4.46. The minimum Gasteiger partial charge on any atom is -0.325 e. The first-order chi connectivity index (χ1) is 12.8. The van der Waals surface area contributed by atoms with E-state index in [1.807, 2.05) is 6.26 Å². The van der Waals surface area contributed by atoms with E-state index in [-0.39, 0.29) is 17.0 Å². The number of benzene rings is 1. The Morgan fingerprint density at radius 3 is 2.56 bits per heavy atom. The van der Waals surface area contributed by atoms with Gasteiger partial charge in [0.05, 0.1) is 4.90 Å². The van der Waals surface area contributed by atoms with Crippen LogP contribution in [-0.4, -0.2) is 35.1 Å². The number of pyridine rings is 1. The molecule has 0 saturated heterocycles. The van der Waals surface area contributed by atoms with E-state index in [9.17, 15) is 18.0 Å². The second kappa shape index (κ2) is 7.67. The maximum atomic E-state index is 12.4. The molecule has 3 aromatic rings. The lowest BCUT2D eigenvalue weighted by atomic mass is 10.3. The summed E-state index contributed by atoms with van der Waals surface area (Å²) in [5.74, 6) is -0.463. The number of thioether (sulfide) groups is 1. The highest BCUT2D eigenvalue weighted by atomic mass is 35.7. The van der Waals surface area contributed by atoms with Gasteiger partial charge < -0.3 is 5.32 Å². The number of halogens is 1. The van der Waals surface area contributed by atoms with Crippen molar-refractivity contribution in [3.8, 4) is 0 Å². The summed E-state index contributed by atoms with van der Waals surface area (Å²) in [6, 6.07) is 8.32. The third-order valence-corrected chi connectivity index (χ3v) is 5.54. The molecule has 0 atom stereocenters. The van der Waals surface area contributed by atoms with E-state index >= 15 is 0 Å². The molecule has 0 spiro atoms. The molecule has 2 aromatic heterocycles. The summed E-state index contributed by atoms with van der Waals surface area (Å²) < 4.78 is 23.7. The average Bonchev–Trinajstić information content (AvgIpc) is 2.63. The van der Waals surface area contributed by atoms with Gasteiger partial charge in [0.25, 0.3) is 14.6 Å². The standard InChI is InChI=1S/C16H13ClN4O4S2/c1-26-16-18-8-10-2-7-14(23)21(15(10)20-16)9-13(22)19-11-3-5-12(6-4-11)27(17,24)25/h2-8H,9H2,1H3,(H,19,22). The van der Waals surface area contributed by atoms with Crippen molar-refractivity contribution in [1.29, 1.82) is 0 Å². The molecule has 0 aliphatic rings. The maximum Gasteiger partial charge on any atom is 0.261 e. The van der Waals surface area contributed by atoms with Crippen LogP contribution in [0.2, 0.25) is 0 Å². The van der Waals surface area contributed by atoms with Crippen LogP contribution < -0.4 is 10.9 Å². The Bertz CT molecular complexity index is 1180. The lowest BCUT2D eigenvalue weighted by Crippen LogP contribution is -2.28. The molecule has 0 radical (unpaired) electrons. The predicted octanol–water partition coefficient (Wildman–Crippen LogP) is 2.08. The average molecular weight is 425 g/mol. The van der Waals surface area contributed by atoms with Gasteiger partial charge in [-0.2, -0.15) is 0 Å². The summed E-state index contributed by atoms with van der Waals surface area (Å²) >= 11 is 1.32. The number of aromatic nitrogens is 3. The van der Waals surface area contributed by atoms with E-state index in [4.69, 9.17) is 10.7 Å². The zero-order valence-corrected chi connectivity index (χ0v) is 16.3. The van der Waals surface area contributed by atoms with Crippen molar-refractivity contribution < 1.29 is 13.2 Å². The van der Waals surface area contributed by atoms with E-state index in [1.54, 1.807) is 12.3 Å². The van der Waals surface area contributed by atoms with Gasteiger partial charge in [0.1, 0.15) is 12.2 Å². The summed E-state index contributed by atoms with van der Waals surface area (Å²) in [6.45, 7) is -0.253. The normalized spacial score (nSPS) is 11.5.